The highest BCUT2D eigenvalue weighted by molar-refractivity contribution is 7.90. The van der Waals surface area contributed by atoms with Crippen molar-refractivity contribution in [1.82, 2.24) is 4.72 Å². The number of amides is 1. The number of fused-ring (bicyclic) bond motifs is 4. The van der Waals surface area contributed by atoms with Crippen LogP contribution in [0.15, 0.2) is 48.6 Å². The minimum Gasteiger partial charge on any atom is -0.490 e. The molecule has 2 bridgehead atoms. The molecule has 7 nitrogen and oxygen atoms in total. The summed E-state index contributed by atoms with van der Waals surface area (Å²) in [6, 6.07) is 11.5. The minimum absolute atomic E-state index is 0.0315. The standard InChI is InChI=1S/C33H41ClN2O5S/c1-21-6-4-8-30(40-3)27-12-9-25(27)18-36-19-33(15-5-7-23-16-26(34)11-13-28(23)33)20-41-31-14-10-24(17-29(31)36)32(37)35-42(38,39)22(21)2/h4,8,10-11,13-14,16-17,21-22,25,27,30H,5-7,9,12,15,18-20H2,1-3H3,(H,35,37)/t21-,22+,25-,27+,30-,33-/m0/s1. The van der Waals surface area contributed by atoms with Gasteiger partial charge in [0.05, 0.1) is 23.6 Å². The Morgan fingerprint density at radius 2 is 1.98 bits per heavy atom. The lowest BCUT2D eigenvalue weighted by molar-refractivity contribution is 0.0131. The largest absolute Gasteiger partial charge is 0.490 e. The number of hydrogen-bond donors (Lipinski definition) is 1. The number of allylic oxidation sites excluding steroid dienone is 1. The van der Waals surface area contributed by atoms with Crippen molar-refractivity contribution in [2.75, 3.05) is 31.7 Å². The number of methoxy groups -OCH3 is 1. The van der Waals surface area contributed by atoms with Gasteiger partial charge in [0.25, 0.3) is 5.91 Å². The molecule has 2 aromatic rings. The number of benzene rings is 2. The first kappa shape index (κ1) is 29.5. The lowest BCUT2D eigenvalue weighted by Crippen LogP contribution is -2.49. The first-order chi connectivity index (χ1) is 20.1. The SMILES string of the molecule is CO[C@H]1C=CC[C@H](C)[C@@H](C)S(=O)(=O)NC(=O)c2ccc3c(c2)N(C[C@@H]2CC[C@H]21)C[C@@]1(CCCc2cc(Cl)ccc21)CO3. The van der Waals surface area contributed by atoms with E-state index in [1.807, 2.05) is 31.2 Å². The predicted octanol–water partition coefficient (Wildman–Crippen LogP) is 5.90. The van der Waals surface area contributed by atoms with Crippen LogP contribution in [0.1, 0.15) is 67.4 Å². The Morgan fingerprint density at radius 3 is 2.74 bits per heavy atom. The van der Waals surface area contributed by atoms with Gasteiger partial charge in [-0.3, -0.25) is 4.79 Å². The second-order valence-corrected chi connectivity index (χ2v) is 15.3. The number of ether oxygens (including phenoxy) is 2. The molecule has 0 aromatic heterocycles. The smallest absolute Gasteiger partial charge is 0.264 e. The van der Waals surface area contributed by atoms with Gasteiger partial charge < -0.3 is 14.4 Å². The number of nitrogens with one attached hydrogen (secondary N) is 1. The van der Waals surface area contributed by atoms with Crippen LogP contribution in [0.5, 0.6) is 5.75 Å². The molecular weight excluding hydrogens is 572 g/mol. The average Bonchev–Trinajstić information content (AvgIpc) is 3.10. The zero-order valence-electron chi connectivity index (χ0n) is 24.6. The highest BCUT2D eigenvalue weighted by atomic mass is 35.5. The third-order valence-electron chi connectivity index (χ3n) is 10.3. The summed E-state index contributed by atoms with van der Waals surface area (Å²) in [5, 5.41) is 0.00998. The first-order valence-electron chi connectivity index (χ1n) is 15.2. The zero-order valence-corrected chi connectivity index (χ0v) is 26.2. The van der Waals surface area contributed by atoms with Crippen molar-refractivity contribution in [1.29, 1.82) is 0 Å². The van der Waals surface area contributed by atoms with Crippen molar-refractivity contribution in [2.24, 2.45) is 17.8 Å². The molecule has 1 fully saturated rings. The van der Waals surface area contributed by atoms with Crippen LogP contribution in [0.25, 0.3) is 0 Å². The quantitative estimate of drug-likeness (QED) is 0.404. The molecule has 2 aliphatic heterocycles. The molecule has 2 aromatic carbocycles. The Hall–Kier alpha value is -2.55. The Labute approximate surface area is 254 Å². The lowest BCUT2D eigenvalue weighted by atomic mass is 9.68. The van der Waals surface area contributed by atoms with E-state index in [0.717, 1.165) is 61.7 Å². The van der Waals surface area contributed by atoms with Gasteiger partial charge in [-0.25, -0.2) is 13.1 Å². The number of anilines is 1. The molecular formula is C33H41ClN2O5S. The van der Waals surface area contributed by atoms with Crippen molar-refractivity contribution >= 4 is 33.2 Å². The lowest BCUT2D eigenvalue weighted by Gasteiger charge is -2.46. The van der Waals surface area contributed by atoms with Gasteiger partial charge in [-0.05, 0) is 105 Å². The van der Waals surface area contributed by atoms with Crippen molar-refractivity contribution in [2.45, 2.75) is 69.1 Å². The Morgan fingerprint density at radius 1 is 1.14 bits per heavy atom. The molecule has 6 atom stereocenters. The molecule has 6 rings (SSSR count). The van der Waals surface area contributed by atoms with Crippen LogP contribution in [-0.2, 0) is 26.6 Å². The van der Waals surface area contributed by atoms with Gasteiger partial charge >= 0.3 is 0 Å². The maximum Gasteiger partial charge on any atom is 0.264 e. The Balaban J connectivity index is 1.43. The van der Waals surface area contributed by atoms with E-state index in [-0.39, 0.29) is 17.4 Å². The number of aryl methyl sites for hydroxylation is 1. The molecule has 1 spiro atoms. The van der Waals surface area contributed by atoms with Crippen LogP contribution < -0.4 is 14.4 Å². The maximum absolute atomic E-state index is 13.4. The molecule has 1 N–H and O–H groups in total. The van der Waals surface area contributed by atoms with Crippen LogP contribution >= 0.6 is 11.6 Å². The molecule has 42 heavy (non-hydrogen) atoms. The summed E-state index contributed by atoms with van der Waals surface area (Å²) in [5.41, 5.74) is 3.48. The number of hydrogen-bond acceptors (Lipinski definition) is 6. The molecule has 0 radical (unpaired) electrons. The van der Waals surface area contributed by atoms with E-state index >= 15 is 0 Å². The molecule has 226 valence electrons. The number of sulfonamides is 1. The van der Waals surface area contributed by atoms with Gasteiger partial charge in [0, 0.05) is 36.2 Å². The summed E-state index contributed by atoms with van der Waals surface area (Å²) >= 11 is 6.40. The Kier molecular flexibility index (Phi) is 8.09. The summed E-state index contributed by atoms with van der Waals surface area (Å²) < 4.78 is 41.3. The molecule has 2 aliphatic carbocycles. The molecule has 0 saturated heterocycles. The van der Waals surface area contributed by atoms with Gasteiger partial charge in [-0.15, -0.1) is 0 Å². The van der Waals surface area contributed by atoms with E-state index in [2.05, 4.69) is 27.8 Å². The normalized spacial score (nSPS) is 32.5. The third-order valence-corrected chi connectivity index (χ3v) is 12.4. The number of carbonyl (C=O) groups excluding carboxylic acids is 1. The van der Waals surface area contributed by atoms with E-state index in [4.69, 9.17) is 21.1 Å². The van der Waals surface area contributed by atoms with Crippen LogP contribution in [0, 0.1) is 17.8 Å². The van der Waals surface area contributed by atoms with Crippen LogP contribution in [0.3, 0.4) is 0 Å². The number of nitrogens with zero attached hydrogens (tertiary/aromatic N) is 1. The highest BCUT2D eigenvalue weighted by Crippen LogP contribution is 2.47. The maximum atomic E-state index is 13.4. The molecule has 9 heteroatoms. The number of carbonyl (C=O) groups is 1. The fraction of sp³-hybridized carbons (Fsp3) is 0.545. The van der Waals surface area contributed by atoms with Crippen LogP contribution in [-0.4, -0.2) is 52.5 Å². The third kappa shape index (κ3) is 5.46. The Bertz CT molecular complexity index is 1490. The highest BCUT2D eigenvalue weighted by Gasteiger charge is 2.44. The second kappa shape index (κ2) is 11.5. The van der Waals surface area contributed by atoms with E-state index in [9.17, 15) is 13.2 Å². The van der Waals surface area contributed by atoms with Gasteiger partial charge in [0.1, 0.15) is 5.75 Å². The minimum atomic E-state index is -3.88. The summed E-state index contributed by atoms with van der Waals surface area (Å²) in [6.45, 7) is 5.63. The predicted molar refractivity (Wildman–Crippen MR) is 166 cm³/mol. The molecule has 1 amide bonds. The number of halogens is 1. The zero-order chi connectivity index (χ0) is 29.6. The van der Waals surface area contributed by atoms with Gasteiger partial charge in [0.15, 0.2) is 0 Å². The van der Waals surface area contributed by atoms with Gasteiger partial charge in [0.2, 0.25) is 10.0 Å². The molecule has 0 unspecified atom stereocenters. The summed E-state index contributed by atoms with van der Waals surface area (Å²) in [4.78, 5) is 15.7. The van der Waals surface area contributed by atoms with E-state index in [0.29, 0.717) is 30.4 Å². The summed E-state index contributed by atoms with van der Waals surface area (Å²) in [7, 11) is -2.13. The second-order valence-electron chi connectivity index (χ2n) is 12.8. The monoisotopic (exact) mass is 612 g/mol. The van der Waals surface area contributed by atoms with Crippen molar-refractivity contribution in [3.05, 3.63) is 70.3 Å². The fourth-order valence-electron chi connectivity index (χ4n) is 7.39. The van der Waals surface area contributed by atoms with Crippen LogP contribution in [0.2, 0.25) is 5.02 Å². The summed E-state index contributed by atoms with van der Waals surface area (Å²) in [5.74, 6) is 0.710. The van der Waals surface area contributed by atoms with E-state index in [1.54, 1.807) is 20.1 Å². The first-order valence-corrected chi connectivity index (χ1v) is 17.1. The fourth-order valence-corrected chi connectivity index (χ4v) is 8.87. The van der Waals surface area contributed by atoms with E-state index in [1.165, 1.54) is 11.1 Å². The molecule has 4 aliphatic rings. The van der Waals surface area contributed by atoms with Crippen molar-refractivity contribution in [3.8, 4) is 5.75 Å². The molecule has 2 heterocycles. The van der Waals surface area contributed by atoms with Gasteiger partial charge in [-0.2, -0.15) is 0 Å². The summed E-state index contributed by atoms with van der Waals surface area (Å²) in [6.07, 6.45) is 9.93. The van der Waals surface area contributed by atoms with Crippen molar-refractivity contribution in [3.63, 3.8) is 0 Å². The molecule has 1 saturated carbocycles. The van der Waals surface area contributed by atoms with Crippen molar-refractivity contribution < 1.29 is 22.7 Å². The van der Waals surface area contributed by atoms with E-state index < -0.39 is 21.2 Å². The average molecular weight is 613 g/mol. The van der Waals surface area contributed by atoms with Crippen LogP contribution in [0.4, 0.5) is 5.69 Å². The van der Waals surface area contributed by atoms with Gasteiger partial charge in [-0.1, -0.05) is 36.7 Å². The number of rotatable bonds is 1. The topological polar surface area (TPSA) is 84.9 Å².